The first-order valence-corrected chi connectivity index (χ1v) is 8.04. The van der Waals surface area contributed by atoms with Crippen LogP contribution in [0.5, 0.6) is 0 Å². The van der Waals surface area contributed by atoms with Crippen LogP contribution in [-0.4, -0.2) is 22.9 Å². The minimum absolute atomic E-state index is 0.149. The van der Waals surface area contributed by atoms with Crippen LogP contribution in [0, 0.1) is 13.8 Å². The highest BCUT2D eigenvalue weighted by molar-refractivity contribution is 6.05. The molecular weight excluding hydrogens is 312 g/mol. The molecule has 0 aliphatic heterocycles. The van der Waals surface area contributed by atoms with Crippen molar-refractivity contribution in [3.8, 4) is 0 Å². The molecule has 5 nitrogen and oxygen atoms in total. The van der Waals surface area contributed by atoms with E-state index in [9.17, 15) is 4.79 Å². The molecule has 1 heterocycles. The summed E-state index contributed by atoms with van der Waals surface area (Å²) in [5.41, 5.74) is 4.54. The van der Waals surface area contributed by atoms with Gasteiger partial charge in [0.2, 0.25) is 5.95 Å². The normalized spacial score (nSPS) is 10.4. The van der Waals surface area contributed by atoms with Gasteiger partial charge in [-0.25, -0.2) is 9.97 Å². The van der Waals surface area contributed by atoms with Crippen LogP contribution in [-0.2, 0) is 0 Å². The topological polar surface area (TPSA) is 58.1 Å². The summed E-state index contributed by atoms with van der Waals surface area (Å²) in [6, 6.07) is 15.6. The van der Waals surface area contributed by atoms with E-state index in [1.165, 1.54) is 5.56 Å². The molecule has 25 heavy (non-hydrogen) atoms. The molecule has 126 valence electrons. The minimum Gasteiger partial charge on any atom is -0.324 e. The molecule has 3 rings (SSSR count). The van der Waals surface area contributed by atoms with Crippen molar-refractivity contribution < 1.29 is 4.79 Å². The quantitative estimate of drug-likeness (QED) is 0.781. The molecule has 0 atom stereocenters. The predicted molar refractivity (Wildman–Crippen MR) is 100 cm³/mol. The first-order chi connectivity index (χ1) is 12.0. The fourth-order valence-corrected chi connectivity index (χ4v) is 2.54. The number of para-hydroxylation sites is 1. The third-order valence-electron chi connectivity index (χ3n) is 3.98. The lowest BCUT2D eigenvalue weighted by Gasteiger charge is -2.17. The van der Waals surface area contributed by atoms with Crippen LogP contribution in [0.25, 0.3) is 0 Å². The number of nitrogens with zero attached hydrogens (tertiary/aromatic N) is 3. The smallest absolute Gasteiger partial charge is 0.261 e. The summed E-state index contributed by atoms with van der Waals surface area (Å²) in [7, 11) is 1.74. The minimum atomic E-state index is -0.149. The molecule has 5 heteroatoms. The molecule has 3 aromatic rings. The molecule has 0 unspecified atom stereocenters. The van der Waals surface area contributed by atoms with E-state index < -0.39 is 0 Å². The molecule has 0 aliphatic carbocycles. The number of benzene rings is 2. The van der Waals surface area contributed by atoms with Crippen LogP contribution < -0.4 is 10.2 Å². The molecule has 0 saturated heterocycles. The summed E-state index contributed by atoms with van der Waals surface area (Å²) in [5, 5.41) is 3.18. The van der Waals surface area contributed by atoms with Gasteiger partial charge in [0.15, 0.2) is 0 Å². The second-order valence-electron chi connectivity index (χ2n) is 5.94. The zero-order chi connectivity index (χ0) is 17.8. The SMILES string of the molecule is Cc1ccc(Nc2ncc(C(=O)N(C)c3ccccc3)cn2)c(C)c1. The number of aromatic nitrogens is 2. The maximum absolute atomic E-state index is 12.5. The van der Waals surface area contributed by atoms with E-state index in [0.717, 1.165) is 16.9 Å². The van der Waals surface area contributed by atoms with Gasteiger partial charge in [0.05, 0.1) is 5.56 Å². The summed E-state index contributed by atoms with van der Waals surface area (Å²) in [4.78, 5) is 22.6. The third kappa shape index (κ3) is 3.83. The van der Waals surface area contributed by atoms with E-state index in [1.54, 1.807) is 24.3 Å². The number of nitrogens with one attached hydrogen (secondary N) is 1. The lowest BCUT2D eigenvalue weighted by atomic mass is 10.1. The van der Waals surface area contributed by atoms with Crippen LogP contribution in [0.3, 0.4) is 0 Å². The van der Waals surface area contributed by atoms with E-state index in [4.69, 9.17) is 0 Å². The van der Waals surface area contributed by atoms with Gasteiger partial charge >= 0.3 is 0 Å². The van der Waals surface area contributed by atoms with Crippen LogP contribution in [0.2, 0.25) is 0 Å². The van der Waals surface area contributed by atoms with Gasteiger partial charge in [-0.15, -0.1) is 0 Å². The van der Waals surface area contributed by atoms with E-state index in [-0.39, 0.29) is 5.91 Å². The number of aryl methyl sites for hydroxylation is 2. The maximum Gasteiger partial charge on any atom is 0.261 e. The van der Waals surface area contributed by atoms with Gasteiger partial charge in [0.25, 0.3) is 5.91 Å². The van der Waals surface area contributed by atoms with E-state index >= 15 is 0 Å². The highest BCUT2D eigenvalue weighted by Crippen LogP contribution is 2.19. The fourth-order valence-electron chi connectivity index (χ4n) is 2.54. The van der Waals surface area contributed by atoms with Gasteiger partial charge in [0.1, 0.15) is 0 Å². The van der Waals surface area contributed by atoms with Crippen molar-refractivity contribution in [2.24, 2.45) is 0 Å². The molecule has 0 aliphatic rings. The van der Waals surface area contributed by atoms with Crippen molar-refractivity contribution >= 4 is 23.2 Å². The average Bonchev–Trinajstić information content (AvgIpc) is 2.64. The molecule has 1 amide bonds. The second-order valence-corrected chi connectivity index (χ2v) is 5.94. The lowest BCUT2D eigenvalue weighted by molar-refractivity contribution is 0.0992. The van der Waals surface area contributed by atoms with Crippen LogP contribution in [0.1, 0.15) is 21.5 Å². The standard InChI is InChI=1S/C20H20N4O/c1-14-9-10-18(15(2)11-14)23-20-21-12-16(13-22-20)19(25)24(3)17-7-5-4-6-8-17/h4-13H,1-3H3,(H,21,22,23). The van der Waals surface area contributed by atoms with Gasteiger partial charge in [-0.3, -0.25) is 4.79 Å². The van der Waals surface area contributed by atoms with Crippen LogP contribution in [0.4, 0.5) is 17.3 Å². The van der Waals surface area contributed by atoms with Gasteiger partial charge in [0, 0.05) is 30.8 Å². The molecule has 0 saturated carbocycles. The van der Waals surface area contributed by atoms with E-state index in [1.807, 2.05) is 49.4 Å². The predicted octanol–water partition coefficient (Wildman–Crippen LogP) is 4.11. The Morgan fingerprint density at radius 2 is 1.68 bits per heavy atom. The number of carbonyl (C=O) groups is 1. The van der Waals surface area contributed by atoms with E-state index in [2.05, 4.69) is 28.3 Å². The summed E-state index contributed by atoms with van der Waals surface area (Å²) in [6.45, 7) is 4.08. The fraction of sp³-hybridized carbons (Fsp3) is 0.150. The summed E-state index contributed by atoms with van der Waals surface area (Å²) < 4.78 is 0. The zero-order valence-corrected chi connectivity index (χ0v) is 14.5. The van der Waals surface area contributed by atoms with Crippen molar-refractivity contribution in [1.29, 1.82) is 0 Å². The Labute approximate surface area is 147 Å². The zero-order valence-electron chi connectivity index (χ0n) is 14.5. The van der Waals surface area contributed by atoms with E-state index in [0.29, 0.717) is 11.5 Å². The Bertz CT molecular complexity index is 876. The summed E-state index contributed by atoms with van der Waals surface area (Å²) in [5.74, 6) is 0.315. The number of anilines is 3. The molecule has 1 N–H and O–H groups in total. The highest BCUT2D eigenvalue weighted by Gasteiger charge is 2.14. The molecular formula is C20H20N4O. The van der Waals surface area contributed by atoms with Crippen molar-refractivity contribution in [3.63, 3.8) is 0 Å². The molecule has 0 fully saturated rings. The van der Waals surface area contributed by atoms with Crippen molar-refractivity contribution in [2.45, 2.75) is 13.8 Å². The number of hydrogen-bond donors (Lipinski definition) is 1. The first kappa shape index (κ1) is 16.6. The van der Waals surface area contributed by atoms with Gasteiger partial charge < -0.3 is 10.2 Å². The lowest BCUT2D eigenvalue weighted by Crippen LogP contribution is -2.26. The van der Waals surface area contributed by atoms with Crippen LogP contribution >= 0.6 is 0 Å². The van der Waals surface area contributed by atoms with Crippen molar-refractivity contribution in [2.75, 3.05) is 17.3 Å². The number of rotatable bonds is 4. The first-order valence-electron chi connectivity index (χ1n) is 8.04. The molecule has 0 radical (unpaired) electrons. The molecule has 1 aromatic heterocycles. The Morgan fingerprint density at radius 1 is 1.00 bits per heavy atom. The molecule has 0 spiro atoms. The monoisotopic (exact) mass is 332 g/mol. The Morgan fingerprint density at radius 3 is 2.32 bits per heavy atom. The van der Waals surface area contributed by atoms with Gasteiger partial charge in [-0.05, 0) is 37.6 Å². The largest absolute Gasteiger partial charge is 0.324 e. The maximum atomic E-state index is 12.5. The Balaban J connectivity index is 1.74. The number of hydrogen-bond acceptors (Lipinski definition) is 4. The average molecular weight is 332 g/mol. The van der Waals surface area contributed by atoms with Crippen molar-refractivity contribution in [3.05, 3.63) is 77.6 Å². The van der Waals surface area contributed by atoms with Gasteiger partial charge in [-0.2, -0.15) is 0 Å². The number of carbonyl (C=O) groups excluding carboxylic acids is 1. The number of amides is 1. The molecule has 0 bridgehead atoms. The van der Waals surface area contributed by atoms with Crippen molar-refractivity contribution in [1.82, 2.24) is 9.97 Å². The van der Waals surface area contributed by atoms with Gasteiger partial charge in [-0.1, -0.05) is 35.9 Å². The Kier molecular flexibility index (Phi) is 4.75. The Hall–Kier alpha value is -3.21. The third-order valence-corrected chi connectivity index (χ3v) is 3.98. The summed E-state index contributed by atoms with van der Waals surface area (Å²) >= 11 is 0. The second kappa shape index (κ2) is 7.13. The molecule has 2 aromatic carbocycles. The van der Waals surface area contributed by atoms with Crippen LogP contribution in [0.15, 0.2) is 60.9 Å². The summed E-state index contributed by atoms with van der Waals surface area (Å²) in [6.07, 6.45) is 3.08. The highest BCUT2D eigenvalue weighted by atomic mass is 16.2.